The maximum Gasteiger partial charge on any atom is 0.0911 e. The topological polar surface area (TPSA) is 33.1 Å². The van der Waals surface area contributed by atoms with Crippen molar-refractivity contribution in [1.82, 2.24) is 4.98 Å². The normalized spacial score (nSPS) is 19.6. The number of pyridine rings is 1. The summed E-state index contributed by atoms with van der Waals surface area (Å²) in [5, 5.41) is 11.5. The highest BCUT2D eigenvalue weighted by Crippen LogP contribution is 2.45. The van der Waals surface area contributed by atoms with E-state index in [4.69, 9.17) is 0 Å². The Morgan fingerprint density at radius 3 is 2.81 bits per heavy atom. The summed E-state index contributed by atoms with van der Waals surface area (Å²) in [6.45, 7) is 1.90. The van der Waals surface area contributed by atoms with Crippen LogP contribution < -0.4 is 0 Å². The van der Waals surface area contributed by atoms with E-state index in [0.717, 1.165) is 29.3 Å². The highest BCUT2D eigenvalue weighted by atomic mass is 16.3. The molecule has 0 amide bonds. The molecule has 1 aromatic carbocycles. The van der Waals surface area contributed by atoms with Crippen LogP contribution in [0.3, 0.4) is 0 Å². The Kier molecular flexibility index (Phi) is 2.01. The van der Waals surface area contributed by atoms with Crippen LogP contribution in [0.4, 0.5) is 0 Å². The van der Waals surface area contributed by atoms with Crippen LogP contribution in [0.2, 0.25) is 0 Å². The van der Waals surface area contributed by atoms with Crippen LogP contribution in [0.1, 0.15) is 25.3 Å². The lowest BCUT2D eigenvalue weighted by atomic mass is 9.91. The second-order valence-corrected chi connectivity index (χ2v) is 4.84. The molecule has 1 heterocycles. The molecule has 0 saturated heterocycles. The number of hydrogen-bond acceptors (Lipinski definition) is 2. The molecule has 2 heteroatoms. The van der Waals surface area contributed by atoms with E-state index in [-0.39, 0.29) is 0 Å². The standard InChI is InChI=1S/C14H15NO/c1-14(16,11-6-7-11)12-8-10-4-2-3-5-13(10)15-9-12/h2-5,8-9,11,16H,6-7H2,1H3. The van der Waals surface area contributed by atoms with Crippen molar-refractivity contribution in [2.24, 2.45) is 5.92 Å². The van der Waals surface area contributed by atoms with Gasteiger partial charge in [0.2, 0.25) is 0 Å². The predicted molar refractivity (Wildman–Crippen MR) is 64.0 cm³/mol. The second-order valence-electron chi connectivity index (χ2n) is 4.84. The van der Waals surface area contributed by atoms with E-state index in [1.165, 1.54) is 0 Å². The molecule has 3 rings (SSSR count). The molecule has 0 radical (unpaired) electrons. The number of para-hydroxylation sites is 1. The highest BCUT2D eigenvalue weighted by molar-refractivity contribution is 5.78. The lowest BCUT2D eigenvalue weighted by molar-refractivity contribution is 0.0329. The number of benzene rings is 1. The van der Waals surface area contributed by atoms with Crippen molar-refractivity contribution >= 4 is 10.9 Å². The number of hydrogen-bond donors (Lipinski definition) is 1. The summed E-state index contributed by atoms with van der Waals surface area (Å²) in [5.74, 6) is 0.412. The van der Waals surface area contributed by atoms with E-state index in [0.29, 0.717) is 5.92 Å². The van der Waals surface area contributed by atoms with Gasteiger partial charge >= 0.3 is 0 Å². The lowest BCUT2D eigenvalue weighted by Crippen LogP contribution is -2.23. The fourth-order valence-electron chi connectivity index (χ4n) is 2.23. The van der Waals surface area contributed by atoms with E-state index in [1.807, 2.05) is 31.2 Å². The van der Waals surface area contributed by atoms with Crippen molar-refractivity contribution in [2.45, 2.75) is 25.4 Å². The Balaban J connectivity index is 2.11. The van der Waals surface area contributed by atoms with Crippen molar-refractivity contribution in [3.8, 4) is 0 Å². The minimum absolute atomic E-state index is 0.412. The first-order valence-electron chi connectivity index (χ1n) is 5.75. The maximum atomic E-state index is 10.4. The third-order valence-electron chi connectivity index (χ3n) is 3.55. The molecule has 0 aliphatic heterocycles. The van der Waals surface area contributed by atoms with Gasteiger partial charge in [-0.3, -0.25) is 4.98 Å². The van der Waals surface area contributed by atoms with Gasteiger partial charge in [-0.25, -0.2) is 0 Å². The Labute approximate surface area is 94.9 Å². The summed E-state index contributed by atoms with van der Waals surface area (Å²) in [5.41, 5.74) is 1.21. The van der Waals surface area contributed by atoms with Crippen LogP contribution in [0.15, 0.2) is 36.5 Å². The van der Waals surface area contributed by atoms with Crippen LogP contribution in [0.25, 0.3) is 10.9 Å². The Morgan fingerprint density at radius 2 is 2.06 bits per heavy atom. The van der Waals surface area contributed by atoms with Crippen molar-refractivity contribution in [3.05, 3.63) is 42.1 Å². The largest absolute Gasteiger partial charge is 0.385 e. The van der Waals surface area contributed by atoms with Gasteiger partial charge in [-0.15, -0.1) is 0 Å². The Bertz CT molecular complexity index is 529. The summed E-state index contributed by atoms with van der Waals surface area (Å²) in [4.78, 5) is 4.40. The first-order chi connectivity index (χ1) is 7.68. The average molecular weight is 213 g/mol. The minimum atomic E-state index is -0.711. The van der Waals surface area contributed by atoms with Gasteiger partial charge in [-0.05, 0) is 37.8 Å². The van der Waals surface area contributed by atoms with Crippen molar-refractivity contribution in [2.75, 3.05) is 0 Å². The summed E-state index contributed by atoms with van der Waals surface area (Å²) in [6.07, 6.45) is 4.06. The van der Waals surface area contributed by atoms with Gasteiger partial charge in [-0.1, -0.05) is 18.2 Å². The quantitative estimate of drug-likeness (QED) is 0.832. The molecule has 1 aliphatic rings. The van der Waals surface area contributed by atoms with E-state index in [9.17, 15) is 5.11 Å². The first-order valence-corrected chi connectivity index (χ1v) is 5.75. The molecule has 16 heavy (non-hydrogen) atoms. The number of aromatic nitrogens is 1. The molecule has 1 unspecified atom stereocenters. The van der Waals surface area contributed by atoms with Gasteiger partial charge in [0.25, 0.3) is 0 Å². The van der Waals surface area contributed by atoms with Crippen LogP contribution in [-0.2, 0) is 5.60 Å². The predicted octanol–water partition coefficient (Wildman–Crippen LogP) is 2.85. The zero-order valence-electron chi connectivity index (χ0n) is 9.35. The van der Waals surface area contributed by atoms with Crippen molar-refractivity contribution in [1.29, 1.82) is 0 Å². The van der Waals surface area contributed by atoms with Gasteiger partial charge in [0.05, 0.1) is 11.1 Å². The van der Waals surface area contributed by atoms with Gasteiger partial charge in [0, 0.05) is 17.1 Å². The van der Waals surface area contributed by atoms with Crippen molar-refractivity contribution in [3.63, 3.8) is 0 Å². The number of aliphatic hydroxyl groups is 1. The second kappa shape index (κ2) is 3.29. The lowest BCUT2D eigenvalue weighted by Gasteiger charge is -2.23. The van der Waals surface area contributed by atoms with E-state index in [2.05, 4.69) is 11.1 Å². The SMILES string of the molecule is CC(O)(c1cnc2ccccc2c1)C1CC1. The molecule has 82 valence electrons. The third kappa shape index (κ3) is 1.50. The molecule has 2 nitrogen and oxygen atoms in total. The first kappa shape index (κ1) is 9.79. The van der Waals surface area contributed by atoms with Crippen LogP contribution in [0, 0.1) is 5.92 Å². The number of rotatable bonds is 2. The van der Waals surface area contributed by atoms with Crippen molar-refractivity contribution < 1.29 is 5.11 Å². The molecule has 1 N–H and O–H groups in total. The number of fused-ring (bicyclic) bond motifs is 1. The summed E-state index contributed by atoms with van der Waals surface area (Å²) < 4.78 is 0. The molecule has 0 spiro atoms. The molecular weight excluding hydrogens is 198 g/mol. The molecule has 1 atom stereocenters. The third-order valence-corrected chi connectivity index (χ3v) is 3.55. The zero-order valence-corrected chi connectivity index (χ0v) is 9.35. The average Bonchev–Trinajstić information content (AvgIpc) is 3.12. The van der Waals surface area contributed by atoms with Gasteiger partial charge in [0.15, 0.2) is 0 Å². The van der Waals surface area contributed by atoms with E-state index in [1.54, 1.807) is 6.20 Å². The molecule has 1 saturated carbocycles. The molecule has 1 fully saturated rings. The molecule has 1 aromatic heterocycles. The molecular formula is C14H15NO. The molecule has 1 aliphatic carbocycles. The van der Waals surface area contributed by atoms with E-state index < -0.39 is 5.60 Å². The highest BCUT2D eigenvalue weighted by Gasteiger charge is 2.41. The smallest absolute Gasteiger partial charge is 0.0911 e. The Morgan fingerprint density at radius 1 is 1.31 bits per heavy atom. The van der Waals surface area contributed by atoms with E-state index >= 15 is 0 Å². The van der Waals surface area contributed by atoms with Crippen LogP contribution >= 0.6 is 0 Å². The summed E-state index contributed by atoms with van der Waals surface area (Å²) in [7, 11) is 0. The maximum absolute atomic E-state index is 10.4. The molecule has 0 bridgehead atoms. The summed E-state index contributed by atoms with van der Waals surface area (Å²) >= 11 is 0. The Hall–Kier alpha value is -1.41. The monoisotopic (exact) mass is 213 g/mol. The fourth-order valence-corrected chi connectivity index (χ4v) is 2.23. The van der Waals surface area contributed by atoms with Crippen LogP contribution in [0.5, 0.6) is 0 Å². The van der Waals surface area contributed by atoms with Gasteiger partial charge < -0.3 is 5.11 Å². The number of nitrogens with zero attached hydrogens (tertiary/aromatic N) is 1. The van der Waals surface area contributed by atoms with Crippen LogP contribution in [-0.4, -0.2) is 10.1 Å². The fraction of sp³-hybridized carbons (Fsp3) is 0.357. The summed E-state index contributed by atoms with van der Waals surface area (Å²) in [6, 6.07) is 10.1. The minimum Gasteiger partial charge on any atom is -0.385 e. The molecule has 2 aromatic rings. The van der Waals surface area contributed by atoms with Gasteiger partial charge in [-0.2, -0.15) is 0 Å². The van der Waals surface area contributed by atoms with Gasteiger partial charge in [0.1, 0.15) is 0 Å². The zero-order chi connectivity index (χ0) is 11.2.